The lowest BCUT2D eigenvalue weighted by Crippen LogP contribution is -2.34. The second-order valence-electron chi connectivity index (χ2n) is 11.0. The van der Waals surface area contributed by atoms with Crippen molar-refractivity contribution in [2.45, 2.75) is 103 Å². The van der Waals surface area contributed by atoms with Crippen LogP contribution in [-0.2, 0) is 6.42 Å². The Hall–Kier alpha value is -1.18. The molecule has 0 bridgehead atoms. The number of allylic oxidation sites excluding steroid dienone is 1. The van der Waals surface area contributed by atoms with Crippen LogP contribution in [0.5, 0.6) is 0 Å². The van der Waals surface area contributed by atoms with Crippen molar-refractivity contribution in [2.24, 2.45) is 29.6 Å². The molecule has 4 unspecified atom stereocenters. The SMILES string of the molecule is C=CCCc1c(F)cc(C2CCC3CC(C4CCC(CCC)CC4)CCC3C2)cc1F. The van der Waals surface area contributed by atoms with E-state index < -0.39 is 0 Å². The van der Waals surface area contributed by atoms with Gasteiger partial charge < -0.3 is 0 Å². The maximum Gasteiger partial charge on any atom is 0.129 e. The van der Waals surface area contributed by atoms with E-state index in [4.69, 9.17) is 0 Å². The van der Waals surface area contributed by atoms with E-state index in [0.717, 1.165) is 48.0 Å². The number of halogens is 2. The van der Waals surface area contributed by atoms with Gasteiger partial charge in [0, 0.05) is 5.56 Å². The van der Waals surface area contributed by atoms with Gasteiger partial charge in [-0.3, -0.25) is 0 Å². The van der Waals surface area contributed by atoms with Crippen molar-refractivity contribution in [3.63, 3.8) is 0 Å². The van der Waals surface area contributed by atoms with Gasteiger partial charge in [0.05, 0.1) is 0 Å². The van der Waals surface area contributed by atoms with Crippen molar-refractivity contribution in [3.8, 4) is 0 Å². The van der Waals surface area contributed by atoms with Gasteiger partial charge in [-0.1, -0.05) is 38.7 Å². The van der Waals surface area contributed by atoms with Crippen LogP contribution in [-0.4, -0.2) is 0 Å². The standard InChI is InChI=1S/C29H42F2/c1-3-5-7-27-28(30)18-26(19-29(27)31)25-15-14-23-16-22(12-13-24(23)17-25)21-10-8-20(6-4-2)9-11-21/h3,18-25H,1,4-17H2,2H3. The van der Waals surface area contributed by atoms with Gasteiger partial charge in [0.1, 0.15) is 11.6 Å². The fraction of sp³-hybridized carbons (Fsp3) is 0.724. The van der Waals surface area contributed by atoms with Crippen molar-refractivity contribution in [1.29, 1.82) is 0 Å². The van der Waals surface area contributed by atoms with E-state index >= 15 is 0 Å². The number of fused-ring (bicyclic) bond motifs is 1. The fourth-order valence-electron chi connectivity index (χ4n) is 7.36. The summed E-state index contributed by atoms with van der Waals surface area (Å²) in [6, 6.07) is 3.26. The molecule has 3 saturated carbocycles. The number of hydrogen-bond donors (Lipinski definition) is 0. The van der Waals surface area contributed by atoms with Crippen molar-refractivity contribution in [2.75, 3.05) is 0 Å². The topological polar surface area (TPSA) is 0 Å². The van der Waals surface area contributed by atoms with E-state index in [1.807, 2.05) is 0 Å². The van der Waals surface area contributed by atoms with Crippen LogP contribution in [0.15, 0.2) is 24.8 Å². The van der Waals surface area contributed by atoms with Gasteiger partial charge in [0.25, 0.3) is 0 Å². The Morgan fingerprint density at radius 2 is 1.42 bits per heavy atom. The molecule has 0 nitrogen and oxygen atoms in total. The Kier molecular flexibility index (Phi) is 7.88. The average molecular weight is 429 g/mol. The Morgan fingerprint density at radius 1 is 0.839 bits per heavy atom. The Bertz CT molecular complexity index is 707. The first kappa shape index (κ1) is 23.0. The molecule has 1 aromatic rings. The Labute approximate surface area is 188 Å². The summed E-state index contributed by atoms with van der Waals surface area (Å²) in [5, 5.41) is 0. The normalized spacial score (nSPS) is 33.6. The van der Waals surface area contributed by atoms with E-state index in [0.29, 0.717) is 18.8 Å². The van der Waals surface area contributed by atoms with Gasteiger partial charge in [-0.2, -0.15) is 0 Å². The van der Waals surface area contributed by atoms with Gasteiger partial charge in [-0.05, 0) is 117 Å². The summed E-state index contributed by atoms with van der Waals surface area (Å²) in [7, 11) is 0. The summed E-state index contributed by atoms with van der Waals surface area (Å²) in [4.78, 5) is 0. The third kappa shape index (κ3) is 5.42. The molecule has 0 aromatic heterocycles. The fourth-order valence-corrected chi connectivity index (χ4v) is 7.36. The number of benzene rings is 1. The van der Waals surface area contributed by atoms with Crippen LogP contribution in [0.1, 0.15) is 107 Å². The summed E-state index contributed by atoms with van der Waals surface area (Å²) < 4.78 is 29.2. The number of hydrogen-bond acceptors (Lipinski definition) is 0. The molecular weight excluding hydrogens is 386 g/mol. The molecule has 0 heterocycles. The predicted octanol–water partition coefficient (Wildman–Crippen LogP) is 8.99. The summed E-state index contributed by atoms with van der Waals surface area (Å²) in [6.45, 7) is 5.99. The van der Waals surface area contributed by atoms with E-state index in [9.17, 15) is 8.78 Å². The molecule has 31 heavy (non-hydrogen) atoms. The summed E-state index contributed by atoms with van der Waals surface area (Å²) >= 11 is 0. The van der Waals surface area contributed by atoms with E-state index in [1.54, 1.807) is 18.2 Å². The molecule has 0 saturated heterocycles. The summed E-state index contributed by atoms with van der Waals surface area (Å²) in [6.07, 6.45) is 19.0. The lowest BCUT2D eigenvalue weighted by molar-refractivity contribution is 0.0711. The third-order valence-electron chi connectivity index (χ3n) is 9.14. The first-order valence-electron chi connectivity index (χ1n) is 13.2. The van der Waals surface area contributed by atoms with Crippen LogP contribution in [0.2, 0.25) is 0 Å². The van der Waals surface area contributed by atoms with Gasteiger partial charge >= 0.3 is 0 Å². The van der Waals surface area contributed by atoms with Crippen molar-refractivity contribution in [1.82, 2.24) is 0 Å². The molecule has 1 aromatic carbocycles. The highest BCUT2D eigenvalue weighted by Gasteiger charge is 2.39. The Morgan fingerprint density at radius 3 is 2.06 bits per heavy atom. The van der Waals surface area contributed by atoms with Crippen molar-refractivity contribution in [3.05, 3.63) is 47.5 Å². The lowest BCUT2D eigenvalue weighted by atomic mass is 9.60. The highest BCUT2D eigenvalue weighted by atomic mass is 19.1. The molecule has 4 atom stereocenters. The zero-order valence-electron chi connectivity index (χ0n) is 19.6. The molecule has 0 radical (unpaired) electrons. The van der Waals surface area contributed by atoms with Crippen LogP contribution < -0.4 is 0 Å². The number of rotatable bonds is 7. The maximum absolute atomic E-state index is 14.6. The second-order valence-corrected chi connectivity index (χ2v) is 11.0. The zero-order chi connectivity index (χ0) is 21.8. The molecule has 3 fully saturated rings. The second kappa shape index (κ2) is 10.6. The molecule has 3 aliphatic rings. The van der Waals surface area contributed by atoms with E-state index in [1.165, 1.54) is 64.2 Å². The van der Waals surface area contributed by atoms with Gasteiger partial charge in [-0.25, -0.2) is 8.78 Å². The van der Waals surface area contributed by atoms with E-state index in [-0.39, 0.29) is 17.2 Å². The lowest BCUT2D eigenvalue weighted by Gasteiger charge is -2.45. The van der Waals surface area contributed by atoms with Gasteiger partial charge in [-0.15, -0.1) is 6.58 Å². The first-order valence-corrected chi connectivity index (χ1v) is 13.2. The Balaban J connectivity index is 1.32. The average Bonchev–Trinajstić information content (AvgIpc) is 2.78. The maximum atomic E-state index is 14.6. The minimum absolute atomic E-state index is 0.228. The highest BCUT2D eigenvalue weighted by molar-refractivity contribution is 5.29. The molecule has 0 aliphatic heterocycles. The zero-order valence-corrected chi connectivity index (χ0v) is 19.6. The van der Waals surface area contributed by atoms with Crippen molar-refractivity contribution < 1.29 is 8.78 Å². The van der Waals surface area contributed by atoms with Crippen molar-refractivity contribution >= 4 is 0 Å². The monoisotopic (exact) mass is 428 g/mol. The summed E-state index contributed by atoms with van der Waals surface area (Å²) in [5.41, 5.74) is 1.12. The van der Waals surface area contributed by atoms with Gasteiger partial charge in [0.2, 0.25) is 0 Å². The summed E-state index contributed by atoms with van der Waals surface area (Å²) in [5.74, 6) is 4.14. The van der Waals surface area contributed by atoms with E-state index in [2.05, 4.69) is 13.5 Å². The molecule has 3 aliphatic carbocycles. The van der Waals surface area contributed by atoms with Crippen LogP contribution in [0.25, 0.3) is 0 Å². The molecule has 0 N–H and O–H groups in total. The first-order chi connectivity index (χ1) is 15.1. The minimum Gasteiger partial charge on any atom is -0.207 e. The smallest absolute Gasteiger partial charge is 0.129 e. The minimum atomic E-state index is -0.360. The van der Waals surface area contributed by atoms with Crippen LogP contribution >= 0.6 is 0 Å². The van der Waals surface area contributed by atoms with Gasteiger partial charge in [0.15, 0.2) is 0 Å². The molecule has 0 amide bonds. The predicted molar refractivity (Wildman–Crippen MR) is 126 cm³/mol. The van der Waals surface area contributed by atoms with Crippen LogP contribution in [0.4, 0.5) is 8.78 Å². The largest absolute Gasteiger partial charge is 0.207 e. The molecule has 0 spiro atoms. The van der Waals surface area contributed by atoms with Crippen LogP contribution in [0.3, 0.4) is 0 Å². The molecular formula is C29H42F2. The highest BCUT2D eigenvalue weighted by Crippen LogP contribution is 2.51. The molecule has 4 rings (SSSR count). The molecule has 172 valence electrons. The molecule has 2 heteroatoms. The third-order valence-corrected chi connectivity index (χ3v) is 9.14. The quantitative estimate of drug-likeness (QED) is 0.380. The van der Waals surface area contributed by atoms with Crippen LogP contribution in [0, 0.1) is 41.2 Å².